The predicted octanol–water partition coefficient (Wildman–Crippen LogP) is 1.91. The van der Waals surface area contributed by atoms with Crippen LogP contribution in [0.25, 0.3) is 0 Å². The first-order chi connectivity index (χ1) is 8.41. The van der Waals surface area contributed by atoms with Gasteiger partial charge in [-0.15, -0.1) is 0 Å². The van der Waals surface area contributed by atoms with E-state index in [1.54, 1.807) is 0 Å². The van der Waals surface area contributed by atoms with Crippen LogP contribution in [0.3, 0.4) is 0 Å². The first-order valence-corrected chi connectivity index (χ1v) is 6.51. The molecule has 0 saturated carbocycles. The van der Waals surface area contributed by atoms with Gasteiger partial charge >= 0.3 is 0 Å². The van der Waals surface area contributed by atoms with Gasteiger partial charge in [-0.05, 0) is 40.6 Å². The molecule has 0 aliphatic heterocycles. The smallest absolute Gasteiger partial charge is 0.0942 e. The van der Waals surface area contributed by atoms with Crippen molar-refractivity contribution in [2.24, 2.45) is 0 Å². The molecule has 1 rings (SSSR count). The molecule has 0 aromatic heterocycles. The van der Waals surface area contributed by atoms with Gasteiger partial charge in [0.2, 0.25) is 0 Å². The number of benzene rings is 1. The fraction of sp³-hybridized carbons (Fsp3) is 0.600. The zero-order valence-corrected chi connectivity index (χ0v) is 12.2. The molecular formula is C15H26N2O. The maximum Gasteiger partial charge on any atom is 0.0942 e. The van der Waals surface area contributed by atoms with Crippen molar-refractivity contribution in [1.29, 1.82) is 0 Å². The molecule has 1 aromatic carbocycles. The minimum absolute atomic E-state index is 0.118. The molecule has 18 heavy (non-hydrogen) atoms. The average Bonchev–Trinajstić information content (AvgIpc) is 2.35. The maximum atomic E-state index is 10.4. The van der Waals surface area contributed by atoms with Gasteiger partial charge in [0.25, 0.3) is 0 Å². The van der Waals surface area contributed by atoms with Crippen molar-refractivity contribution in [3.8, 4) is 0 Å². The second kappa shape index (κ2) is 6.88. The van der Waals surface area contributed by atoms with Crippen LogP contribution in [-0.4, -0.2) is 55.2 Å². The van der Waals surface area contributed by atoms with E-state index in [-0.39, 0.29) is 6.04 Å². The molecule has 1 N–H and O–H groups in total. The van der Waals surface area contributed by atoms with E-state index in [1.807, 2.05) is 24.3 Å². The molecule has 0 bridgehead atoms. The Balaban J connectivity index is 2.59. The number of aryl methyl sites for hydroxylation is 1. The van der Waals surface area contributed by atoms with Crippen LogP contribution in [0.15, 0.2) is 24.3 Å². The van der Waals surface area contributed by atoms with Crippen molar-refractivity contribution in [1.82, 2.24) is 9.80 Å². The van der Waals surface area contributed by atoms with Crippen molar-refractivity contribution in [3.63, 3.8) is 0 Å². The summed E-state index contributed by atoms with van der Waals surface area (Å²) in [5.74, 6) is 0. The van der Waals surface area contributed by atoms with Gasteiger partial charge in [0.05, 0.1) is 6.10 Å². The lowest BCUT2D eigenvalue weighted by molar-refractivity contribution is 0.0693. The Morgan fingerprint density at radius 1 is 1.06 bits per heavy atom. The van der Waals surface area contributed by atoms with Gasteiger partial charge in [-0.1, -0.05) is 29.8 Å². The topological polar surface area (TPSA) is 26.7 Å². The van der Waals surface area contributed by atoms with E-state index >= 15 is 0 Å². The van der Waals surface area contributed by atoms with E-state index in [0.29, 0.717) is 0 Å². The highest BCUT2D eigenvalue weighted by Crippen LogP contribution is 2.20. The van der Waals surface area contributed by atoms with Gasteiger partial charge in [-0.3, -0.25) is 4.90 Å². The Bertz CT molecular complexity index is 348. The van der Waals surface area contributed by atoms with Crippen LogP contribution in [0, 0.1) is 6.92 Å². The van der Waals surface area contributed by atoms with Gasteiger partial charge < -0.3 is 10.0 Å². The van der Waals surface area contributed by atoms with E-state index in [4.69, 9.17) is 0 Å². The number of rotatable bonds is 6. The summed E-state index contributed by atoms with van der Waals surface area (Å²) in [5, 5.41) is 10.4. The monoisotopic (exact) mass is 250 g/mol. The molecule has 3 nitrogen and oxygen atoms in total. The summed E-state index contributed by atoms with van der Waals surface area (Å²) in [5.41, 5.74) is 2.21. The molecule has 0 aliphatic rings. The largest absolute Gasteiger partial charge is 0.387 e. The van der Waals surface area contributed by atoms with E-state index in [1.165, 1.54) is 5.56 Å². The van der Waals surface area contributed by atoms with Crippen LogP contribution in [-0.2, 0) is 0 Å². The average molecular weight is 250 g/mol. The minimum Gasteiger partial charge on any atom is -0.387 e. The number of aliphatic hydroxyl groups is 1. The predicted molar refractivity (Wildman–Crippen MR) is 76.8 cm³/mol. The molecule has 2 unspecified atom stereocenters. The Kier molecular flexibility index (Phi) is 5.79. The van der Waals surface area contributed by atoms with Crippen LogP contribution in [0.2, 0.25) is 0 Å². The molecule has 0 heterocycles. The number of hydrogen-bond acceptors (Lipinski definition) is 3. The minimum atomic E-state index is -0.433. The molecule has 1 aromatic rings. The normalized spacial score (nSPS) is 15.1. The molecule has 0 amide bonds. The first-order valence-electron chi connectivity index (χ1n) is 6.51. The Morgan fingerprint density at radius 3 is 2.11 bits per heavy atom. The highest BCUT2D eigenvalue weighted by molar-refractivity contribution is 5.23. The van der Waals surface area contributed by atoms with Gasteiger partial charge in [-0.2, -0.15) is 0 Å². The van der Waals surface area contributed by atoms with Crippen molar-refractivity contribution < 1.29 is 5.11 Å². The molecule has 0 fully saturated rings. The molecule has 3 heteroatoms. The Hall–Kier alpha value is -0.900. The highest BCUT2D eigenvalue weighted by atomic mass is 16.3. The van der Waals surface area contributed by atoms with Gasteiger partial charge in [0.15, 0.2) is 0 Å². The zero-order valence-electron chi connectivity index (χ0n) is 12.2. The molecule has 2 atom stereocenters. The molecule has 0 radical (unpaired) electrons. The van der Waals surface area contributed by atoms with Gasteiger partial charge in [0.1, 0.15) is 0 Å². The van der Waals surface area contributed by atoms with Crippen molar-refractivity contribution in [2.75, 3.05) is 34.2 Å². The fourth-order valence-corrected chi connectivity index (χ4v) is 1.84. The fourth-order valence-electron chi connectivity index (χ4n) is 1.84. The lowest BCUT2D eigenvalue weighted by Crippen LogP contribution is -2.38. The third kappa shape index (κ3) is 4.41. The summed E-state index contributed by atoms with van der Waals surface area (Å²) < 4.78 is 0. The van der Waals surface area contributed by atoms with Crippen molar-refractivity contribution in [2.45, 2.75) is 26.0 Å². The molecule has 0 spiro atoms. The number of nitrogens with zero attached hydrogens (tertiary/aromatic N) is 2. The van der Waals surface area contributed by atoms with Crippen LogP contribution >= 0.6 is 0 Å². The highest BCUT2D eigenvalue weighted by Gasteiger charge is 2.20. The molecule has 0 saturated heterocycles. The second-order valence-corrected chi connectivity index (χ2v) is 5.38. The second-order valence-electron chi connectivity index (χ2n) is 5.38. The molecule has 102 valence electrons. The standard InChI is InChI=1S/C15H26N2O/c1-12-6-8-14(9-7-12)15(18)13(2)17(5)11-10-16(3)4/h6-9,13,15,18H,10-11H2,1-5H3. The number of likely N-dealkylation sites (N-methyl/N-ethyl adjacent to an activating group) is 2. The summed E-state index contributed by atoms with van der Waals surface area (Å²) in [6, 6.07) is 8.23. The SMILES string of the molecule is Cc1ccc(C(O)C(C)N(C)CCN(C)C)cc1. The Morgan fingerprint density at radius 2 is 1.61 bits per heavy atom. The number of hydrogen-bond donors (Lipinski definition) is 1. The first kappa shape index (κ1) is 15.2. The van der Waals surface area contributed by atoms with Crippen LogP contribution < -0.4 is 0 Å². The third-order valence-corrected chi connectivity index (χ3v) is 3.47. The summed E-state index contributed by atoms with van der Waals surface area (Å²) in [6.07, 6.45) is -0.433. The lowest BCUT2D eigenvalue weighted by atomic mass is 10.0. The zero-order chi connectivity index (χ0) is 13.7. The van der Waals surface area contributed by atoms with Crippen molar-refractivity contribution >= 4 is 0 Å². The van der Waals surface area contributed by atoms with Gasteiger partial charge in [0, 0.05) is 19.1 Å². The van der Waals surface area contributed by atoms with Crippen LogP contribution in [0.4, 0.5) is 0 Å². The van der Waals surface area contributed by atoms with E-state index in [9.17, 15) is 5.11 Å². The molecular weight excluding hydrogens is 224 g/mol. The van der Waals surface area contributed by atoms with E-state index in [0.717, 1.165) is 18.7 Å². The summed E-state index contributed by atoms with van der Waals surface area (Å²) in [4.78, 5) is 4.35. The number of aliphatic hydroxyl groups excluding tert-OH is 1. The van der Waals surface area contributed by atoms with Crippen LogP contribution in [0.1, 0.15) is 24.2 Å². The van der Waals surface area contributed by atoms with Crippen LogP contribution in [0.5, 0.6) is 0 Å². The summed E-state index contributed by atoms with van der Waals surface area (Å²) >= 11 is 0. The third-order valence-electron chi connectivity index (χ3n) is 3.47. The van der Waals surface area contributed by atoms with E-state index < -0.39 is 6.10 Å². The van der Waals surface area contributed by atoms with E-state index in [2.05, 4.69) is 44.8 Å². The quantitative estimate of drug-likeness (QED) is 0.835. The Labute approximate surface area is 111 Å². The summed E-state index contributed by atoms with van der Waals surface area (Å²) in [7, 11) is 6.19. The summed E-state index contributed by atoms with van der Waals surface area (Å²) in [6.45, 7) is 6.08. The van der Waals surface area contributed by atoms with Gasteiger partial charge in [-0.25, -0.2) is 0 Å². The van der Waals surface area contributed by atoms with Crippen molar-refractivity contribution in [3.05, 3.63) is 35.4 Å². The maximum absolute atomic E-state index is 10.4. The molecule has 0 aliphatic carbocycles. The lowest BCUT2D eigenvalue weighted by Gasteiger charge is -2.30.